The number of nitrogens with one attached hydrogen (secondary N) is 1. The van der Waals surface area contributed by atoms with Crippen molar-refractivity contribution in [2.24, 2.45) is 5.92 Å². The molecule has 0 saturated heterocycles. The average molecular weight is 266 g/mol. The van der Waals surface area contributed by atoms with Gasteiger partial charge in [0.05, 0.1) is 11.5 Å². The number of nitrogens with zero attached hydrogens (tertiary/aromatic N) is 3. The zero-order chi connectivity index (χ0) is 14.0. The smallest absolute Gasteiger partial charge is 0.372 e. The van der Waals surface area contributed by atoms with Crippen molar-refractivity contribution in [3.63, 3.8) is 0 Å². The van der Waals surface area contributed by atoms with E-state index >= 15 is 0 Å². The molecule has 0 bridgehead atoms. The van der Waals surface area contributed by atoms with Crippen molar-refractivity contribution in [1.82, 2.24) is 9.97 Å². The molecule has 19 heavy (non-hydrogen) atoms. The van der Waals surface area contributed by atoms with Crippen LogP contribution in [0.5, 0.6) is 5.88 Å². The lowest BCUT2D eigenvalue weighted by Crippen LogP contribution is -2.13. The summed E-state index contributed by atoms with van der Waals surface area (Å²) in [5.41, 5.74) is -0.168. The second-order valence-electron chi connectivity index (χ2n) is 5.15. The van der Waals surface area contributed by atoms with Gasteiger partial charge in [0, 0.05) is 6.04 Å². The number of rotatable bonds is 6. The summed E-state index contributed by atoms with van der Waals surface area (Å²) in [6.07, 6.45) is 2.03. The van der Waals surface area contributed by atoms with Gasteiger partial charge in [-0.25, -0.2) is 4.98 Å². The van der Waals surface area contributed by atoms with Gasteiger partial charge in [0.25, 0.3) is 5.88 Å². The number of aromatic nitrogens is 2. The predicted molar refractivity (Wildman–Crippen MR) is 70.4 cm³/mol. The highest BCUT2D eigenvalue weighted by Gasteiger charge is 2.30. The SMILES string of the molecule is Cc1nc(NC2CC2)c([N+](=O)[O-])c(OCC(C)C)n1. The molecule has 1 N–H and O–H groups in total. The van der Waals surface area contributed by atoms with E-state index in [-0.39, 0.29) is 29.3 Å². The van der Waals surface area contributed by atoms with Crippen molar-refractivity contribution in [1.29, 1.82) is 0 Å². The molecule has 0 aromatic carbocycles. The van der Waals surface area contributed by atoms with Crippen LogP contribution in [-0.4, -0.2) is 27.5 Å². The molecule has 1 aromatic heterocycles. The summed E-state index contributed by atoms with van der Waals surface area (Å²) < 4.78 is 5.45. The Labute approximate surface area is 111 Å². The van der Waals surface area contributed by atoms with Gasteiger partial charge in [0.1, 0.15) is 5.82 Å². The molecule has 0 unspecified atom stereocenters. The van der Waals surface area contributed by atoms with Crippen molar-refractivity contribution in [3.05, 3.63) is 15.9 Å². The molecule has 2 rings (SSSR count). The fourth-order valence-electron chi connectivity index (χ4n) is 1.57. The quantitative estimate of drug-likeness (QED) is 0.627. The largest absolute Gasteiger partial charge is 0.472 e. The lowest BCUT2D eigenvalue weighted by atomic mass is 10.2. The Kier molecular flexibility index (Phi) is 3.82. The summed E-state index contributed by atoms with van der Waals surface area (Å²) in [6, 6.07) is 0.283. The standard InChI is InChI=1S/C12H18N4O3/c1-7(2)6-19-12-10(16(17)18)11(13-8(3)14-12)15-9-4-5-9/h7,9H,4-6H2,1-3H3,(H,13,14,15). The molecular formula is C12H18N4O3. The maximum absolute atomic E-state index is 11.2. The fourth-order valence-corrected chi connectivity index (χ4v) is 1.57. The van der Waals surface area contributed by atoms with Crippen LogP contribution in [0.25, 0.3) is 0 Å². The van der Waals surface area contributed by atoms with E-state index in [4.69, 9.17) is 4.74 Å². The molecule has 104 valence electrons. The molecule has 0 amide bonds. The maximum atomic E-state index is 11.2. The molecule has 0 radical (unpaired) electrons. The Bertz CT molecular complexity index is 486. The van der Waals surface area contributed by atoms with Gasteiger partial charge in [0.2, 0.25) is 5.82 Å². The number of hydrogen-bond acceptors (Lipinski definition) is 6. The summed E-state index contributed by atoms with van der Waals surface area (Å²) in [4.78, 5) is 18.9. The number of anilines is 1. The van der Waals surface area contributed by atoms with Crippen LogP contribution in [-0.2, 0) is 0 Å². The third kappa shape index (κ3) is 3.52. The molecule has 0 spiro atoms. The van der Waals surface area contributed by atoms with Gasteiger partial charge in [-0.15, -0.1) is 0 Å². The molecule has 0 atom stereocenters. The fraction of sp³-hybridized carbons (Fsp3) is 0.667. The van der Waals surface area contributed by atoms with E-state index in [2.05, 4.69) is 15.3 Å². The summed E-state index contributed by atoms with van der Waals surface area (Å²) in [6.45, 7) is 6.04. The van der Waals surface area contributed by atoms with Crippen LogP contribution in [0.4, 0.5) is 11.5 Å². The van der Waals surface area contributed by atoms with E-state index in [1.54, 1.807) is 6.92 Å². The lowest BCUT2D eigenvalue weighted by molar-refractivity contribution is -0.385. The molecule has 7 heteroatoms. The van der Waals surface area contributed by atoms with Crippen molar-refractivity contribution in [2.75, 3.05) is 11.9 Å². The van der Waals surface area contributed by atoms with Gasteiger partial charge in [0.15, 0.2) is 0 Å². The Balaban J connectivity index is 2.32. The molecule has 1 aliphatic rings. The minimum atomic E-state index is -0.486. The van der Waals surface area contributed by atoms with E-state index in [1.165, 1.54) is 0 Å². The molecule has 1 saturated carbocycles. The second kappa shape index (κ2) is 5.38. The Morgan fingerprint density at radius 3 is 2.68 bits per heavy atom. The van der Waals surface area contributed by atoms with Gasteiger partial charge in [-0.2, -0.15) is 4.98 Å². The molecule has 0 aliphatic heterocycles. The van der Waals surface area contributed by atoms with E-state index in [1.807, 2.05) is 13.8 Å². The van der Waals surface area contributed by atoms with Crippen LogP contribution in [0, 0.1) is 23.0 Å². The minimum Gasteiger partial charge on any atom is -0.472 e. The highest BCUT2D eigenvalue weighted by molar-refractivity contribution is 5.62. The van der Waals surface area contributed by atoms with Gasteiger partial charge < -0.3 is 10.1 Å². The summed E-state index contributed by atoms with van der Waals surface area (Å²) >= 11 is 0. The van der Waals surface area contributed by atoms with Crippen molar-refractivity contribution in [2.45, 2.75) is 39.7 Å². The molecule has 1 aromatic rings. The third-order valence-electron chi connectivity index (χ3n) is 2.62. The number of hydrogen-bond donors (Lipinski definition) is 1. The van der Waals surface area contributed by atoms with E-state index < -0.39 is 4.92 Å². The predicted octanol–water partition coefficient (Wildman–Crippen LogP) is 2.30. The molecule has 1 fully saturated rings. The normalized spacial score (nSPS) is 14.5. The van der Waals surface area contributed by atoms with Gasteiger partial charge >= 0.3 is 5.69 Å². The van der Waals surface area contributed by atoms with E-state index in [0.29, 0.717) is 12.4 Å². The van der Waals surface area contributed by atoms with Crippen LogP contribution in [0.2, 0.25) is 0 Å². The van der Waals surface area contributed by atoms with Crippen LogP contribution in [0.3, 0.4) is 0 Å². The first-order valence-electron chi connectivity index (χ1n) is 6.39. The third-order valence-corrected chi connectivity index (χ3v) is 2.62. The highest BCUT2D eigenvalue weighted by atomic mass is 16.6. The Morgan fingerprint density at radius 1 is 1.47 bits per heavy atom. The first-order chi connectivity index (χ1) is 8.97. The number of aryl methyl sites for hydroxylation is 1. The second-order valence-corrected chi connectivity index (χ2v) is 5.15. The van der Waals surface area contributed by atoms with Crippen molar-refractivity contribution >= 4 is 11.5 Å². The highest BCUT2D eigenvalue weighted by Crippen LogP contribution is 2.35. The first kappa shape index (κ1) is 13.5. The van der Waals surface area contributed by atoms with E-state index in [9.17, 15) is 10.1 Å². The monoisotopic (exact) mass is 266 g/mol. The van der Waals surface area contributed by atoms with Gasteiger partial charge in [-0.05, 0) is 25.7 Å². The Hall–Kier alpha value is -1.92. The topological polar surface area (TPSA) is 90.2 Å². The van der Waals surface area contributed by atoms with Crippen molar-refractivity contribution < 1.29 is 9.66 Å². The average Bonchev–Trinajstić information content (AvgIpc) is 3.09. The summed E-state index contributed by atoms with van der Waals surface area (Å²) in [5.74, 6) is 1.05. The number of ether oxygens (including phenoxy) is 1. The van der Waals surface area contributed by atoms with Gasteiger partial charge in [-0.3, -0.25) is 10.1 Å². The van der Waals surface area contributed by atoms with E-state index in [0.717, 1.165) is 12.8 Å². The molecule has 1 aliphatic carbocycles. The van der Waals surface area contributed by atoms with Crippen LogP contribution in [0.1, 0.15) is 32.5 Å². The molecule has 1 heterocycles. The first-order valence-corrected chi connectivity index (χ1v) is 6.39. The Morgan fingerprint density at radius 2 is 2.16 bits per heavy atom. The summed E-state index contributed by atoms with van der Waals surface area (Å²) in [7, 11) is 0. The van der Waals surface area contributed by atoms with Crippen LogP contribution >= 0.6 is 0 Å². The molecular weight excluding hydrogens is 248 g/mol. The van der Waals surface area contributed by atoms with Crippen LogP contribution in [0.15, 0.2) is 0 Å². The van der Waals surface area contributed by atoms with Crippen LogP contribution < -0.4 is 10.1 Å². The van der Waals surface area contributed by atoms with Crippen molar-refractivity contribution in [3.8, 4) is 5.88 Å². The summed E-state index contributed by atoms with van der Waals surface area (Å²) in [5, 5.41) is 14.3. The number of nitro groups is 1. The minimum absolute atomic E-state index is 0.0503. The zero-order valence-electron chi connectivity index (χ0n) is 11.3. The lowest BCUT2D eigenvalue weighted by Gasteiger charge is -2.11. The maximum Gasteiger partial charge on any atom is 0.372 e. The van der Waals surface area contributed by atoms with Gasteiger partial charge in [-0.1, -0.05) is 13.8 Å². The molecule has 7 nitrogen and oxygen atoms in total. The zero-order valence-corrected chi connectivity index (χ0v) is 11.3.